The Morgan fingerprint density at radius 1 is 1.05 bits per heavy atom. The lowest BCUT2D eigenvalue weighted by Gasteiger charge is -2.12. The number of nitrogens with zero attached hydrogens (tertiary/aromatic N) is 3. The van der Waals surface area contributed by atoms with Crippen LogP contribution in [0, 0.1) is 0 Å². The molecule has 4 N–H and O–H groups in total. The van der Waals surface area contributed by atoms with Gasteiger partial charge < -0.3 is 16.4 Å². The molecule has 0 bridgehead atoms. The summed E-state index contributed by atoms with van der Waals surface area (Å²) < 4.78 is 0. The first-order valence-corrected chi connectivity index (χ1v) is 6.74. The highest BCUT2D eigenvalue weighted by Crippen LogP contribution is 2.18. The standard InChI is InChI=1S/C15H16N6/c16-12-7-4-8-13(20-12)21-15-9-14(17-10-18-15)19-11-5-2-1-3-6-11/h1-2,4-5,7-10H,3,6H2,(H4,16,17,18,19,20,21). The van der Waals surface area contributed by atoms with Gasteiger partial charge in [0.15, 0.2) is 0 Å². The quantitative estimate of drug-likeness (QED) is 0.798. The molecule has 0 fully saturated rings. The Kier molecular flexibility index (Phi) is 3.77. The van der Waals surface area contributed by atoms with E-state index in [0.29, 0.717) is 17.5 Å². The van der Waals surface area contributed by atoms with Crippen LogP contribution < -0.4 is 16.4 Å². The van der Waals surface area contributed by atoms with Crippen molar-refractivity contribution in [2.24, 2.45) is 0 Å². The van der Waals surface area contributed by atoms with Crippen molar-refractivity contribution < 1.29 is 0 Å². The zero-order chi connectivity index (χ0) is 14.5. The number of nitrogen functional groups attached to an aromatic ring is 1. The van der Waals surface area contributed by atoms with Crippen molar-refractivity contribution in [3.05, 3.63) is 54.5 Å². The fourth-order valence-electron chi connectivity index (χ4n) is 2.02. The highest BCUT2D eigenvalue weighted by molar-refractivity contribution is 5.58. The highest BCUT2D eigenvalue weighted by atomic mass is 15.1. The van der Waals surface area contributed by atoms with Crippen molar-refractivity contribution in [1.82, 2.24) is 15.0 Å². The molecule has 0 saturated carbocycles. The number of pyridine rings is 1. The Morgan fingerprint density at radius 3 is 2.67 bits per heavy atom. The third-order valence-electron chi connectivity index (χ3n) is 3.00. The van der Waals surface area contributed by atoms with Gasteiger partial charge in [-0.2, -0.15) is 0 Å². The molecule has 0 radical (unpaired) electrons. The van der Waals surface area contributed by atoms with Gasteiger partial charge >= 0.3 is 0 Å². The molecule has 3 rings (SSSR count). The Hall–Kier alpha value is -2.89. The van der Waals surface area contributed by atoms with Gasteiger partial charge in [-0.1, -0.05) is 18.2 Å². The normalized spacial score (nSPS) is 13.6. The summed E-state index contributed by atoms with van der Waals surface area (Å²) >= 11 is 0. The van der Waals surface area contributed by atoms with E-state index in [-0.39, 0.29) is 0 Å². The molecule has 2 aromatic rings. The van der Waals surface area contributed by atoms with E-state index in [2.05, 4.69) is 37.7 Å². The number of nitrogens with one attached hydrogen (secondary N) is 2. The summed E-state index contributed by atoms with van der Waals surface area (Å²) in [6.45, 7) is 0. The molecule has 1 aliphatic rings. The third-order valence-corrected chi connectivity index (χ3v) is 3.00. The van der Waals surface area contributed by atoms with Crippen molar-refractivity contribution >= 4 is 23.3 Å². The van der Waals surface area contributed by atoms with Gasteiger partial charge in [0.1, 0.15) is 29.6 Å². The van der Waals surface area contributed by atoms with Crippen LogP contribution in [-0.2, 0) is 0 Å². The predicted octanol–water partition coefficient (Wildman–Crippen LogP) is 2.84. The minimum atomic E-state index is 0.464. The molecule has 0 aliphatic heterocycles. The number of nitrogens with two attached hydrogens (primary N) is 1. The molecular formula is C15H16N6. The van der Waals surface area contributed by atoms with E-state index in [9.17, 15) is 0 Å². The lowest BCUT2D eigenvalue weighted by atomic mass is 10.1. The Balaban J connectivity index is 1.73. The maximum Gasteiger partial charge on any atom is 0.137 e. The highest BCUT2D eigenvalue weighted by Gasteiger charge is 2.04. The molecule has 0 unspecified atom stereocenters. The topological polar surface area (TPSA) is 88.8 Å². The van der Waals surface area contributed by atoms with Crippen LogP contribution in [-0.4, -0.2) is 15.0 Å². The molecule has 0 amide bonds. The summed E-state index contributed by atoms with van der Waals surface area (Å²) in [5, 5.41) is 6.40. The molecule has 6 nitrogen and oxygen atoms in total. The second-order valence-electron chi connectivity index (χ2n) is 4.64. The smallest absolute Gasteiger partial charge is 0.137 e. The molecule has 0 spiro atoms. The van der Waals surface area contributed by atoms with Crippen LogP contribution >= 0.6 is 0 Å². The summed E-state index contributed by atoms with van der Waals surface area (Å²) in [5.41, 5.74) is 6.80. The molecule has 0 aromatic carbocycles. The van der Waals surface area contributed by atoms with Gasteiger partial charge in [-0.3, -0.25) is 0 Å². The second-order valence-corrected chi connectivity index (χ2v) is 4.64. The van der Waals surface area contributed by atoms with Crippen molar-refractivity contribution in [2.45, 2.75) is 12.8 Å². The monoisotopic (exact) mass is 280 g/mol. The zero-order valence-corrected chi connectivity index (χ0v) is 11.5. The van der Waals surface area contributed by atoms with Crippen LogP contribution in [0.15, 0.2) is 54.5 Å². The van der Waals surface area contributed by atoms with E-state index in [4.69, 9.17) is 5.73 Å². The number of hydrogen-bond acceptors (Lipinski definition) is 6. The van der Waals surface area contributed by atoms with Gasteiger partial charge in [0.25, 0.3) is 0 Å². The Morgan fingerprint density at radius 2 is 1.90 bits per heavy atom. The van der Waals surface area contributed by atoms with E-state index < -0.39 is 0 Å². The van der Waals surface area contributed by atoms with Crippen LogP contribution in [0.5, 0.6) is 0 Å². The van der Waals surface area contributed by atoms with Crippen LogP contribution in [0.1, 0.15) is 12.8 Å². The Bertz CT molecular complexity index is 692. The van der Waals surface area contributed by atoms with E-state index in [1.807, 2.05) is 24.3 Å². The number of allylic oxidation sites excluding steroid dienone is 4. The van der Waals surface area contributed by atoms with E-state index in [1.54, 1.807) is 6.07 Å². The predicted molar refractivity (Wildman–Crippen MR) is 84.0 cm³/mol. The van der Waals surface area contributed by atoms with E-state index in [1.165, 1.54) is 6.33 Å². The molecular weight excluding hydrogens is 264 g/mol. The number of rotatable bonds is 4. The maximum atomic E-state index is 5.66. The van der Waals surface area contributed by atoms with Gasteiger partial charge in [0, 0.05) is 11.8 Å². The molecule has 106 valence electrons. The van der Waals surface area contributed by atoms with Gasteiger partial charge in [0.2, 0.25) is 0 Å². The summed E-state index contributed by atoms with van der Waals surface area (Å²) in [4.78, 5) is 12.6. The maximum absolute atomic E-state index is 5.66. The molecule has 2 aromatic heterocycles. The number of anilines is 4. The zero-order valence-electron chi connectivity index (χ0n) is 11.5. The van der Waals surface area contributed by atoms with Crippen molar-refractivity contribution in [3.8, 4) is 0 Å². The SMILES string of the molecule is Nc1cccc(Nc2cc(NC3=CC=CCC3)ncn2)n1. The van der Waals surface area contributed by atoms with Crippen LogP contribution in [0.25, 0.3) is 0 Å². The first kappa shape index (κ1) is 13.1. The van der Waals surface area contributed by atoms with Gasteiger partial charge in [-0.15, -0.1) is 0 Å². The fourth-order valence-corrected chi connectivity index (χ4v) is 2.02. The van der Waals surface area contributed by atoms with Crippen molar-refractivity contribution in [2.75, 3.05) is 16.4 Å². The minimum absolute atomic E-state index is 0.464. The molecule has 21 heavy (non-hydrogen) atoms. The second kappa shape index (κ2) is 6.04. The van der Waals surface area contributed by atoms with Crippen LogP contribution in [0.3, 0.4) is 0 Å². The first-order chi connectivity index (χ1) is 10.3. The number of hydrogen-bond donors (Lipinski definition) is 3. The van der Waals surface area contributed by atoms with E-state index in [0.717, 1.165) is 24.4 Å². The van der Waals surface area contributed by atoms with Gasteiger partial charge in [-0.05, 0) is 31.1 Å². The largest absolute Gasteiger partial charge is 0.384 e. The van der Waals surface area contributed by atoms with Crippen molar-refractivity contribution in [3.63, 3.8) is 0 Å². The first-order valence-electron chi connectivity index (χ1n) is 6.74. The van der Waals surface area contributed by atoms with Gasteiger partial charge in [0.05, 0.1) is 0 Å². The minimum Gasteiger partial charge on any atom is -0.384 e. The van der Waals surface area contributed by atoms with E-state index >= 15 is 0 Å². The average Bonchev–Trinajstić information content (AvgIpc) is 2.49. The summed E-state index contributed by atoms with van der Waals surface area (Å²) in [6.07, 6.45) is 9.78. The molecule has 6 heteroatoms. The summed E-state index contributed by atoms with van der Waals surface area (Å²) in [6, 6.07) is 7.25. The fraction of sp³-hybridized carbons (Fsp3) is 0.133. The van der Waals surface area contributed by atoms with Crippen LogP contribution in [0.4, 0.5) is 23.3 Å². The third kappa shape index (κ3) is 3.56. The summed E-state index contributed by atoms with van der Waals surface area (Å²) in [5.74, 6) is 2.53. The molecule has 2 heterocycles. The lowest BCUT2D eigenvalue weighted by Crippen LogP contribution is -2.04. The lowest BCUT2D eigenvalue weighted by molar-refractivity contribution is 0.960. The Labute approximate surface area is 122 Å². The van der Waals surface area contributed by atoms with Crippen molar-refractivity contribution in [1.29, 1.82) is 0 Å². The van der Waals surface area contributed by atoms with Gasteiger partial charge in [-0.25, -0.2) is 15.0 Å². The average molecular weight is 280 g/mol. The van der Waals surface area contributed by atoms with Crippen LogP contribution in [0.2, 0.25) is 0 Å². The number of aromatic nitrogens is 3. The molecule has 0 atom stereocenters. The molecule has 0 saturated heterocycles. The summed E-state index contributed by atoms with van der Waals surface area (Å²) in [7, 11) is 0. The molecule has 1 aliphatic carbocycles.